The fourth-order valence-electron chi connectivity index (χ4n) is 1.70. The molecule has 0 spiro atoms. The van der Waals surface area contributed by atoms with Gasteiger partial charge in [-0.15, -0.1) is 0 Å². The normalized spacial score (nSPS) is 11.7. The Kier molecular flexibility index (Phi) is 5.24. The van der Waals surface area contributed by atoms with Gasteiger partial charge in [0.1, 0.15) is 0 Å². The van der Waals surface area contributed by atoms with Crippen molar-refractivity contribution in [2.45, 2.75) is 32.9 Å². The molecule has 2 N–H and O–H groups in total. The maximum Gasteiger partial charge on any atom is 0.270 e. The lowest BCUT2D eigenvalue weighted by Gasteiger charge is -2.34. The molecule has 1 aromatic rings. The Morgan fingerprint density at radius 1 is 1.45 bits per heavy atom. The van der Waals surface area contributed by atoms with Crippen LogP contribution in [0.2, 0.25) is 0 Å². The van der Waals surface area contributed by atoms with Gasteiger partial charge in [-0.25, -0.2) is 0 Å². The van der Waals surface area contributed by atoms with E-state index < -0.39 is 10.8 Å². The van der Waals surface area contributed by atoms with E-state index >= 15 is 0 Å². The molecule has 0 aliphatic rings. The number of halogens is 1. The number of hydrogen-bond donors (Lipinski definition) is 1. The quantitative estimate of drug-likeness (QED) is 0.656. The number of rotatable bonds is 5. The molecular weight excluding hydrogens is 326 g/mol. The van der Waals surface area contributed by atoms with Gasteiger partial charge in [-0.3, -0.25) is 19.8 Å². The Morgan fingerprint density at radius 2 is 2.05 bits per heavy atom. The van der Waals surface area contributed by atoms with Gasteiger partial charge in [0.2, 0.25) is 5.91 Å². The zero-order chi connectivity index (χ0) is 15.5. The minimum absolute atomic E-state index is 0.0258. The van der Waals surface area contributed by atoms with E-state index in [1.54, 1.807) is 6.07 Å². The molecule has 1 aromatic carbocycles. The van der Waals surface area contributed by atoms with E-state index in [2.05, 4.69) is 15.9 Å². The summed E-state index contributed by atoms with van der Waals surface area (Å²) in [5.74, 6) is -0.405. The molecule has 20 heavy (non-hydrogen) atoms. The van der Waals surface area contributed by atoms with E-state index in [-0.39, 0.29) is 17.8 Å². The summed E-state index contributed by atoms with van der Waals surface area (Å²) in [5.41, 5.74) is 5.92. The van der Waals surface area contributed by atoms with E-state index in [0.29, 0.717) is 11.0 Å². The lowest BCUT2D eigenvalue weighted by Crippen LogP contribution is -2.45. The fraction of sp³-hybridized carbons (Fsp3) is 0.462. The summed E-state index contributed by atoms with van der Waals surface area (Å²) in [7, 11) is 0. The van der Waals surface area contributed by atoms with Gasteiger partial charge in [-0.05, 0) is 32.4 Å². The molecule has 6 nitrogen and oxygen atoms in total. The van der Waals surface area contributed by atoms with E-state index in [1.807, 2.05) is 25.7 Å². The van der Waals surface area contributed by atoms with Crippen molar-refractivity contribution in [2.75, 3.05) is 6.54 Å². The van der Waals surface area contributed by atoms with Crippen molar-refractivity contribution in [1.82, 2.24) is 4.90 Å². The monoisotopic (exact) mass is 343 g/mol. The number of benzene rings is 1. The van der Waals surface area contributed by atoms with Crippen LogP contribution in [-0.4, -0.2) is 27.8 Å². The summed E-state index contributed by atoms with van der Waals surface area (Å²) in [6, 6.07) is 4.59. The highest BCUT2D eigenvalue weighted by molar-refractivity contribution is 9.10. The predicted molar refractivity (Wildman–Crippen MR) is 80.2 cm³/mol. The predicted octanol–water partition coefficient (Wildman–Crippen LogP) is 2.44. The summed E-state index contributed by atoms with van der Waals surface area (Å²) in [6.45, 7) is 6.55. The number of nitro groups is 1. The first-order valence-corrected chi connectivity index (χ1v) is 6.86. The molecule has 1 amide bonds. The number of non-ortho nitro benzene ring substituents is 1. The number of nitro benzene ring substituents is 1. The maximum absolute atomic E-state index is 11.2. The highest BCUT2D eigenvalue weighted by Crippen LogP contribution is 2.26. The Labute approximate surface area is 126 Å². The smallest absolute Gasteiger partial charge is 0.270 e. The molecular formula is C13H18BrN3O3. The molecule has 0 saturated heterocycles. The van der Waals surface area contributed by atoms with Gasteiger partial charge >= 0.3 is 0 Å². The van der Waals surface area contributed by atoms with Gasteiger partial charge in [0, 0.05) is 28.7 Å². The molecule has 1 rings (SSSR count). The number of carbonyl (C=O) groups is 1. The molecule has 0 unspecified atom stereocenters. The molecule has 110 valence electrons. The highest BCUT2D eigenvalue weighted by atomic mass is 79.9. The van der Waals surface area contributed by atoms with Crippen molar-refractivity contribution in [1.29, 1.82) is 0 Å². The van der Waals surface area contributed by atoms with Gasteiger partial charge < -0.3 is 5.73 Å². The zero-order valence-electron chi connectivity index (χ0n) is 11.7. The van der Waals surface area contributed by atoms with Crippen LogP contribution in [0, 0.1) is 10.1 Å². The minimum Gasteiger partial charge on any atom is -0.369 e. The van der Waals surface area contributed by atoms with E-state index in [1.165, 1.54) is 12.1 Å². The van der Waals surface area contributed by atoms with Crippen molar-refractivity contribution < 1.29 is 9.72 Å². The molecule has 0 heterocycles. The Morgan fingerprint density at radius 3 is 2.45 bits per heavy atom. The second-order valence-corrected chi connectivity index (χ2v) is 6.38. The molecule has 0 saturated carbocycles. The summed E-state index contributed by atoms with van der Waals surface area (Å²) in [4.78, 5) is 23.3. The van der Waals surface area contributed by atoms with Crippen molar-refractivity contribution in [2.24, 2.45) is 5.73 Å². The first-order valence-electron chi connectivity index (χ1n) is 6.07. The minimum atomic E-state index is -0.445. The average molecular weight is 344 g/mol. The Hall–Kier alpha value is -1.47. The van der Waals surface area contributed by atoms with Gasteiger partial charge in [0.05, 0.1) is 11.5 Å². The third-order valence-corrected chi connectivity index (χ3v) is 3.64. The SMILES string of the molecule is CC(C)(C)N(CC(N)=O)Cc1ccc([N+](=O)[O-])cc1Br. The van der Waals surface area contributed by atoms with Crippen LogP contribution in [0.4, 0.5) is 5.69 Å². The van der Waals surface area contributed by atoms with Gasteiger partial charge in [0.15, 0.2) is 0 Å². The lowest BCUT2D eigenvalue weighted by atomic mass is 10.0. The van der Waals surface area contributed by atoms with E-state index in [0.717, 1.165) is 5.56 Å². The molecule has 0 bridgehead atoms. The summed E-state index contributed by atoms with van der Waals surface area (Å²) in [5, 5.41) is 10.7. The summed E-state index contributed by atoms with van der Waals surface area (Å²) in [6.07, 6.45) is 0. The molecule has 0 aromatic heterocycles. The lowest BCUT2D eigenvalue weighted by molar-refractivity contribution is -0.384. The molecule has 7 heteroatoms. The summed E-state index contributed by atoms with van der Waals surface area (Å²) >= 11 is 3.33. The molecule has 0 fully saturated rings. The number of nitrogens with two attached hydrogens (primary N) is 1. The zero-order valence-corrected chi connectivity index (χ0v) is 13.3. The fourth-order valence-corrected chi connectivity index (χ4v) is 2.19. The van der Waals surface area contributed by atoms with Crippen LogP contribution in [-0.2, 0) is 11.3 Å². The molecule has 0 radical (unpaired) electrons. The van der Waals surface area contributed by atoms with Crippen LogP contribution in [0.5, 0.6) is 0 Å². The first-order chi connectivity index (χ1) is 9.11. The molecule has 0 atom stereocenters. The van der Waals surface area contributed by atoms with Crippen LogP contribution in [0.3, 0.4) is 0 Å². The largest absolute Gasteiger partial charge is 0.369 e. The van der Waals surface area contributed by atoms with Crippen molar-refractivity contribution in [3.63, 3.8) is 0 Å². The van der Waals surface area contributed by atoms with E-state index in [4.69, 9.17) is 5.73 Å². The molecule has 0 aliphatic carbocycles. The molecule has 0 aliphatic heterocycles. The van der Waals surface area contributed by atoms with Crippen molar-refractivity contribution in [3.05, 3.63) is 38.3 Å². The Balaban J connectivity index is 3.00. The second-order valence-electron chi connectivity index (χ2n) is 5.53. The highest BCUT2D eigenvalue weighted by Gasteiger charge is 2.24. The van der Waals surface area contributed by atoms with Crippen molar-refractivity contribution in [3.8, 4) is 0 Å². The number of carbonyl (C=O) groups excluding carboxylic acids is 1. The Bertz CT molecular complexity index is 526. The van der Waals surface area contributed by atoms with Crippen LogP contribution >= 0.6 is 15.9 Å². The van der Waals surface area contributed by atoms with Crippen LogP contribution in [0.25, 0.3) is 0 Å². The number of amides is 1. The number of hydrogen-bond acceptors (Lipinski definition) is 4. The number of nitrogens with zero attached hydrogens (tertiary/aromatic N) is 2. The van der Waals surface area contributed by atoms with E-state index in [9.17, 15) is 14.9 Å². The third kappa shape index (κ3) is 4.57. The van der Waals surface area contributed by atoms with Crippen molar-refractivity contribution >= 4 is 27.5 Å². The van der Waals surface area contributed by atoms with Gasteiger partial charge in [-0.2, -0.15) is 0 Å². The standard InChI is InChI=1S/C13H18BrN3O3/c1-13(2,3)16(8-12(15)18)7-9-4-5-10(17(19)20)6-11(9)14/h4-6H,7-8H2,1-3H3,(H2,15,18). The third-order valence-electron chi connectivity index (χ3n) is 2.90. The van der Waals surface area contributed by atoms with Gasteiger partial charge in [-0.1, -0.05) is 15.9 Å². The van der Waals surface area contributed by atoms with Crippen LogP contribution in [0.15, 0.2) is 22.7 Å². The van der Waals surface area contributed by atoms with Crippen LogP contribution < -0.4 is 5.73 Å². The maximum atomic E-state index is 11.2. The van der Waals surface area contributed by atoms with Crippen LogP contribution in [0.1, 0.15) is 26.3 Å². The van der Waals surface area contributed by atoms with Gasteiger partial charge in [0.25, 0.3) is 5.69 Å². The second kappa shape index (κ2) is 6.32. The average Bonchev–Trinajstić information content (AvgIpc) is 2.28. The number of primary amides is 1. The first kappa shape index (κ1) is 16.6. The topological polar surface area (TPSA) is 89.5 Å². The summed E-state index contributed by atoms with van der Waals surface area (Å²) < 4.78 is 0.644.